The highest BCUT2D eigenvalue weighted by Crippen LogP contribution is 2.24. The zero-order valence-electron chi connectivity index (χ0n) is 38.9. The molecule has 8 heteroatoms. The number of aromatic nitrogens is 1. The molecule has 2 bridgehead atoms. The van der Waals surface area contributed by atoms with Gasteiger partial charge in [0.25, 0.3) is 0 Å². The number of fused-ring (bicyclic) bond motifs is 2. The second-order valence-corrected chi connectivity index (χ2v) is 17.6. The van der Waals surface area contributed by atoms with Crippen LogP contribution in [0, 0.1) is 0 Å². The molecule has 58 heavy (non-hydrogen) atoms. The summed E-state index contributed by atoms with van der Waals surface area (Å²) in [5, 5.41) is 14.4. The third-order valence-corrected chi connectivity index (χ3v) is 11.9. The van der Waals surface area contributed by atoms with Crippen molar-refractivity contribution in [2.75, 3.05) is 65.7 Å². The Bertz CT molecular complexity index is 943. The second kappa shape index (κ2) is 39.8. The van der Waals surface area contributed by atoms with Crippen LogP contribution in [0.3, 0.4) is 0 Å². The van der Waals surface area contributed by atoms with Gasteiger partial charge in [0, 0.05) is 76.7 Å². The average Bonchev–Trinajstić information content (AvgIpc) is 3.23. The van der Waals surface area contributed by atoms with Crippen molar-refractivity contribution in [2.24, 2.45) is 0 Å². The number of nitrogens with zero attached hydrogens (tertiary/aromatic N) is 1. The van der Waals surface area contributed by atoms with E-state index in [-0.39, 0.29) is 18.2 Å². The predicted molar refractivity (Wildman–Crippen MR) is 249 cm³/mol. The molecule has 0 saturated carbocycles. The lowest BCUT2D eigenvalue weighted by Crippen LogP contribution is -2.35. The van der Waals surface area contributed by atoms with E-state index >= 15 is 0 Å². The van der Waals surface area contributed by atoms with Gasteiger partial charge in [-0.15, -0.1) is 0 Å². The van der Waals surface area contributed by atoms with Crippen LogP contribution in [0.4, 0.5) is 0 Å². The second-order valence-electron chi connectivity index (χ2n) is 17.6. The lowest BCUT2D eigenvalue weighted by atomic mass is 10.0. The van der Waals surface area contributed by atoms with Crippen molar-refractivity contribution in [1.29, 1.82) is 0 Å². The Hall–Kier alpha value is -1.29. The highest BCUT2D eigenvalue weighted by molar-refractivity contribution is 5.30. The number of hydrogen-bond donors (Lipinski definition) is 4. The Morgan fingerprint density at radius 1 is 0.466 bits per heavy atom. The van der Waals surface area contributed by atoms with Crippen LogP contribution >= 0.6 is 0 Å². The molecule has 0 aliphatic carbocycles. The van der Waals surface area contributed by atoms with E-state index in [1.807, 2.05) is 0 Å². The fourth-order valence-corrected chi connectivity index (χ4v) is 7.98. The van der Waals surface area contributed by atoms with E-state index in [0.29, 0.717) is 13.2 Å². The van der Waals surface area contributed by atoms with Gasteiger partial charge < -0.3 is 35.5 Å². The highest BCUT2D eigenvalue weighted by atomic mass is 16.6. The summed E-state index contributed by atoms with van der Waals surface area (Å²) in [4.78, 5) is 5.10. The Labute approximate surface area is 360 Å². The fraction of sp³-hybridized carbons (Fsp3) is 0.900. The monoisotopic (exact) mass is 816 g/mol. The van der Waals surface area contributed by atoms with Gasteiger partial charge in [-0.1, -0.05) is 181 Å². The highest BCUT2D eigenvalue weighted by Gasteiger charge is 2.18. The van der Waals surface area contributed by atoms with E-state index in [1.165, 1.54) is 167 Å². The van der Waals surface area contributed by atoms with Gasteiger partial charge in [-0.2, -0.15) is 0 Å². The molecule has 0 aromatic carbocycles. The molecular formula is C50H97N5O3. The van der Waals surface area contributed by atoms with Crippen LogP contribution in [0.1, 0.15) is 231 Å². The van der Waals surface area contributed by atoms with Crippen LogP contribution in [0.2, 0.25) is 0 Å². The summed E-state index contributed by atoms with van der Waals surface area (Å²) in [7, 11) is 0. The van der Waals surface area contributed by atoms with Crippen LogP contribution in [-0.4, -0.2) is 76.8 Å². The molecule has 0 amide bonds. The summed E-state index contributed by atoms with van der Waals surface area (Å²) in [5.74, 6) is 0.855. The van der Waals surface area contributed by atoms with E-state index in [9.17, 15) is 0 Å². The molecule has 2 unspecified atom stereocenters. The topological polar surface area (TPSA) is 88.7 Å². The normalized spacial score (nSPS) is 17.1. The van der Waals surface area contributed by atoms with Gasteiger partial charge in [0.15, 0.2) is 0 Å². The van der Waals surface area contributed by atoms with Crippen molar-refractivity contribution in [3.05, 3.63) is 23.5 Å². The summed E-state index contributed by atoms with van der Waals surface area (Å²) in [6.07, 6.45) is 38.1. The SMILES string of the molecule is CCCCCCCCCCCCCCCCOCC(COCCCCCCCCCCCCCCCC)Oc1cc2nc(c1)C(C)NCCNCCNCCNC2C. The molecule has 1 aliphatic rings. The molecular weight excluding hydrogens is 719 g/mol. The fourth-order valence-electron chi connectivity index (χ4n) is 7.98. The van der Waals surface area contributed by atoms with E-state index in [0.717, 1.165) is 82.5 Å². The smallest absolute Gasteiger partial charge is 0.145 e. The third kappa shape index (κ3) is 30.7. The van der Waals surface area contributed by atoms with Crippen molar-refractivity contribution in [1.82, 2.24) is 26.3 Å². The number of hydrogen-bond acceptors (Lipinski definition) is 8. The summed E-state index contributed by atoms with van der Waals surface area (Å²) >= 11 is 0. The number of rotatable bonds is 36. The number of ether oxygens (including phenoxy) is 3. The van der Waals surface area contributed by atoms with Crippen LogP contribution < -0.4 is 26.0 Å². The van der Waals surface area contributed by atoms with Crippen LogP contribution in [0.25, 0.3) is 0 Å². The molecule has 2 rings (SSSR count). The average molecular weight is 816 g/mol. The Morgan fingerprint density at radius 3 is 1.12 bits per heavy atom. The summed E-state index contributed by atoms with van der Waals surface area (Å²) in [6.45, 7) is 17.2. The maximum atomic E-state index is 6.74. The minimum absolute atomic E-state index is 0.117. The molecule has 4 N–H and O–H groups in total. The molecule has 8 nitrogen and oxygen atoms in total. The maximum Gasteiger partial charge on any atom is 0.145 e. The molecule has 340 valence electrons. The molecule has 2 heterocycles. The third-order valence-electron chi connectivity index (χ3n) is 11.9. The van der Waals surface area contributed by atoms with E-state index in [1.54, 1.807) is 0 Å². The van der Waals surface area contributed by atoms with Gasteiger partial charge in [-0.3, -0.25) is 4.98 Å². The minimum Gasteiger partial charge on any atom is -0.485 e. The van der Waals surface area contributed by atoms with E-state index in [4.69, 9.17) is 19.2 Å². The summed E-state index contributed by atoms with van der Waals surface area (Å²) in [6, 6.07) is 4.47. The van der Waals surface area contributed by atoms with Crippen LogP contribution in [0.15, 0.2) is 12.1 Å². The van der Waals surface area contributed by atoms with Crippen molar-refractivity contribution in [3.63, 3.8) is 0 Å². The van der Waals surface area contributed by atoms with Crippen molar-refractivity contribution < 1.29 is 14.2 Å². The first-order chi connectivity index (χ1) is 28.6. The largest absolute Gasteiger partial charge is 0.485 e. The maximum absolute atomic E-state index is 6.74. The summed E-state index contributed by atoms with van der Waals surface area (Å²) in [5.41, 5.74) is 2.03. The summed E-state index contributed by atoms with van der Waals surface area (Å²) < 4.78 is 19.3. The van der Waals surface area contributed by atoms with Gasteiger partial charge in [0.1, 0.15) is 11.9 Å². The molecule has 2 atom stereocenters. The van der Waals surface area contributed by atoms with E-state index in [2.05, 4.69) is 61.1 Å². The van der Waals surface area contributed by atoms with Crippen molar-refractivity contribution >= 4 is 0 Å². The Balaban J connectivity index is 1.78. The van der Waals surface area contributed by atoms with E-state index < -0.39 is 0 Å². The lowest BCUT2D eigenvalue weighted by molar-refractivity contribution is -0.00793. The molecule has 0 saturated heterocycles. The zero-order valence-corrected chi connectivity index (χ0v) is 38.9. The molecule has 0 fully saturated rings. The molecule has 0 radical (unpaired) electrons. The van der Waals surface area contributed by atoms with Crippen LogP contribution in [-0.2, 0) is 9.47 Å². The van der Waals surface area contributed by atoms with Gasteiger partial charge >= 0.3 is 0 Å². The van der Waals surface area contributed by atoms with Crippen LogP contribution in [0.5, 0.6) is 5.75 Å². The first-order valence-corrected chi connectivity index (χ1v) is 25.4. The Kier molecular flexibility index (Phi) is 36.3. The molecule has 1 aromatic rings. The Morgan fingerprint density at radius 2 is 0.776 bits per heavy atom. The van der Waals surface area contributed by atoms with Gasteiger partial charge in [0.05, 0.1) is 24.6 Å². The molecule has 1 aliphatic heterocycles. The number of nitrogens with one attached hydrogen (secondary N) is 4. The lowest BCUT2D eigenvalue weighted by Gasteiger charge is -2.23. The minimum atomic E-state index is -0.157. The van der Waals surface area contributed by atoms with Crippen molar-refractivity contribution in [2.45, 2.75) is 226 Å². The quantitative estimate of drug-likeness (QED) is 0.0498. The predicted octanol–water partition coefficient (Wildman–Crippen LogP) is 12.3. The zero-order chi connectivity index (χ0) is 41.4. The standard InChI is InChI=1S/C50H97N5O3/c1-5-7-9-11-13-15-17-19-21-23-25-27-29-31-39-56-43-48(44-57-40-32-30-28-26-24-22-20-18-16-14-12-10-8-6-2)58-47-41-49-45(3)53-37-35-51-33-34-52-36-38-54-46(4)50(42-47)55-49/h41-42,45-46,48,51-54H,5-40,43-44H2,1-4H3. The van der Waals surface area contributed by atoms with Gasteiger partial charge in [0.2, 0.25) is 0 Å². The van der Waals surface area contributed by atoms with Crippen molar-refractivity contribution in [3.8, 4) is 5.75 Å². The van der Waals surface area contributed by atoms with Gasteiger partial charge in [-0.05, 0) is 26.7 Å². The molecule has 0 spiro atoms. The number of pyridine rings is 1. The first-order valence-electron chi connectivity index (χ1n) is 25.4. The molecule has 1 aromatic heterocycles. The van der Waals surface area contributed by atoms with Gasteiger partial charge in [-0.25, -0.2) is 0 Å². The first kappa shape index (κ1) is 52.8. The number of unbranched alkanes of at least 4 members (excludes halogenated alkanes) is 26.